The van der Waals surface area contributed by atoms with Gasteiger partial charge in [-0.3, -0.25) is 9.69 Å². The van der Waals surface area contributed by atoms with Gasteiger partial charge < -0.3 is 24.4 Å². The highest BCUT2D eigenvalue weighted by Crippen LogP contribution is 2.22. The quantitative estimate of drug-likeness (QED) is 0.783. The van der Waals surface area contributed by atoms with E-state index in [4.69, 9.17) is 4.74 Å². The van der Waals surface area contributed by atoms with E-state index in [1.165, 1.54) is 0 Å². The van der Waals surface area contributed by atoms with Crippen LogP contribution in [0.2, 0.25) is 0 Å². The standard InChI is InChI=1S/C21H30N4O4/c1-3-25-14(2)22-16-12-15(4-5-17(16)25)21(28)24-7-6-19(26)20(27)18(13-24)23-8-10-29-11-9-23/h4-5,12,18-20,26-27H,3,6-11,13H2,1-2H3/t18-,19-,20+/m1/s1. The molecule has 1 aromatic heterocycles. The Morgan fingerprint density at radius 1 is 1.24 bits per heavy atom. The van der Waals surface area contributed by atoms with Gasteiger partial charge in [-0.2, -0.15) is 0 Å². The fourth-order valence-electron chi connectivity index (χ4n) is 4.53. The van der Waals surface area contributed by atoms with Crippen LogP contribution in [0.3, 0.4) is 0 Å². The number of amides is 1. The van der Waals surface area contributed by atoms with Crippen LogP contribution >= 0.6 is 0 Å². The first-order chi connectivity index (χ1) is 14.0. The second kappa shape index (κ2) is 8.39. The molecule has 4 rings (SSSR count). The zero-order chi connectivity index (χ0) is 20.5. The summed E-state index contributed by atoms with van der Waals surface area (Å²) in [6, 6.07) is 5.34. The Kier molecular flexibility index (Phi) is 5.87. The summed E-state index contributed by atoms with van der Waals surface area (Å²) in [7, 11) is 0. The van der Waals surface area contributed by atoms with Crippen LogP contribution in [0.5, 0.6) is 0 Å². The largest absolute Gasteiger partial charge is 0.390 e. The molecule has 0 radical (unpaired) electrons. The number of fused-ring (bicyclic) bond motifs is 1. The van der Waals surface area contributed by atoms with E-state index in [0.717, 1.165) is 23.4 Å². The molecular weight excluding hydrogens is 372 g/mol. The molecule has 0 saturated carbocycles. The number of ether oxygens (including phenoxy) is 1. The van der Waals surface area contributed by atoms with Crippen LogP contribution in [-0.4, -0.2) is 93.1 Å². The lowest BCUT2D eigenvalue weighted by Crippen LogP contribution is -2.55. The van der Waals surface area contributed by atoms with Crippen molar-refractivity contribution in [2.45, 2.75) is 45.1 Å². The molecule has 158 valence electrons. The van der Waals surface area contributed by atoms with Gasteiger partial charge in [0.1, 0.15) is 5.82 Å². The van der Waals surface area contributed by atoms with E-state index in [0.29, 0.717) is 51.4 Å². The Morgan fingerprint density at radius 3 is 2.72 bits per heavy atom. The molecule has 29 heavy (non-hydrogen) atoms. The summed E-state index contributed by atoms with van der Waals surface area (Å²) in [4.78, 5) is 21.8. The molecule has 2 aliphatic rings. The van der Waals surface area contributed by atoms with Crippen molar-refractivity contribution >= 4 is 16.9 Å². The minimum absolute atomic E-state index is 0.0878. The highest BCUT2D eigenvalue weighted by Gasteiger charge is 2.37. The number of aryl methyl sites for hydroxylation is 2. The van der Waals surface area contributed by atoms with E-state index in [-0.39, 0.29) is 11.9 Å². The topological polar surface area (TPSA) is 91.1 Å². The number of morpholine rings is 1. The SMILES string of the molecule is CCn1c(C)nc2cc(C(=O)N3CC[C@@H](O)[C@@H](O)[C@H](N4CCOCC4)C3)ccc21. The van der Waals surface area contributed by atoms with Crippen LogP contribution in [0, 0.1) is 6.92 Å². The van der Waals surface area contributed by atoms with E-state index < -0.39 is 12.2 Å². The molecule has 1 aromatic carbocycles. The second-order valence-electron chi connectivity index (χ2n) is 7.92. The van der Waals surface area contributed by atoms with Gasteiger partial charge in [-0.1, -0.05) is 0 Å². The van der Waals surface area contributed by atoms with Crippen molar-refractivity contribution in [2.75, 3.05) is 39.4 Å². The van der Waals surface area contributed by atoms with Gasteiger partial charge in [0, 0.05) is 38.3 Å². The molecule has 3 atom stereocenters. The van der Waals surface area contributed by atoms with Gasteiger partial charge in [-0.15, -0.1) is 0 Å². The molecule has 2 fully saturated rings. The predicted octanol–water partition coefficient (Wildman–Crippen LogP) is 0.633. The van der Waals surface area contributed by atoms with E-state index in [2.05, 4.69) is 21.4 Å². The van der Waals surface area contributed by atoms with Gasteiger partial charge in [0.2, 0.25) is 0 Å². The monoisotopic (exact) mass is 402 g/mol. The van der Waals surface area contributed by atoms with Crippen molar-refractivity contribution in [3.05, 3.63) is 29.6 Å². The maximum atomic E-state index is 13.3. The van der Waals surface area contributed by atoms with E-state index in [1.54, 1.807) is 4.90 Å². The van der Waals surface area contributed by atoms with Gasteiger partial charge >= 0.3 is 0 Å². The van der Waals surface area contributed by atoms with Gasteiger partial charge in [0.25, 0.3) is 5.91 Å². The van der Waals surface area contributed by atoms with Crippen molar-refractivity contribution < 1.29 is 19.7 Å². The molecule has 0 bridgehead atoms. The number of aliphatic hydroxyl groups excluding tert-OH is 2. The summed E-state index contributed by atoms with van der Waals surface area (Å²) in [6.07, 6.45) is -1.36. The number of likely N-dealkylation sites (tertiary alicyclic amines) is 1. The molecule has 2 saturated heterocycles. The van der Waals surface area contributed by atoms with Crippen molar-refractivity contribution in [3.63, 3.8) is 0 Å². The minimum Gasteiger partial charge on any atom is -0.390 e. The smallest absolute Gasteiger partial charge is 0.253 e. The summed E-state index contributed by atoms with van der Waals surface area (Å²) >= 11 is 0. The summed E-state index contributed by atoms with van der Waals surface area (Å²) in [5, 5.41) is 21.0. The van der Waals surface area contributed by atoms with Crippen LogP contribution in [0.4, 0.5) is 0 Å². The Bertz CT molecular complexity index is 877. The number of aliphatic hydroxyl groups is 2. The van der Waals surface area contributed by atoms with Crippen molar-refractivity contribution in [1.29, 1.82) is 0 Å². The van der Waals surface area contributed by atoms with Gasteiger partial charge in [0.05, 0.1) is 42.5 Å². The van der Waals surface area contributed by atoms with Crippen LogP contribution < -0.4 is 0 Å². The maximum Gasteiger partial charge on any atom is 0.253 e. The lowest BCUT2D eigenvalue weighted by atomic mass is 10.0. The summed E-state index contributed by atoms with van der Waals surface area (Å²) in [6.45, 7) is 8.26. The third-order valence-electron chi connectivity index (χ3n) is 6.19. The number of hydrogen-bond acceptors (Lipinski definition) is 6. The minimum atomic E-state index is -0.878. The number of nitrogens with zero attached hydrogens (tertiary/aromatic N) is 4. The first-order valence-corrected chi connectivity index (χ1v) is 10.4. The molecule has 1 amide bonds. The number of imidazole rings is 1. The lowest BCUT2D eigenvalue weighted by Gasteiger charge is -2.38. The molecule has 0 aliphatic carbocycles. The number of benzene rings is 1. The lowest BCUT2D eigenvalue weighted by molar-refractivity contribution is -0.0609. The van der Waals surface area contributed by atoms with Crippen LogP contribution in [0.25, 0.3) is 11.0 Å². The molecule has 8 heteroatoms. The Hall–Kier alpha value is -2.00. The average molecular weight is 402 g/mol. The molecule has 2 aliphatic heterocycles. The van der Waals surface area contributed by atoms with Gasteiger partial charge in [0.15, 0.2) is 0 Å². The first-order valence-electron chi connectivity index (χ1n) is 10.4. The van der Waals surface area contributed by atoms with E-state index >= 15 is 0 Å². The van der Waals surface area contributed by atoms with Crippen LogP contribution in [0.1, 0.15) is 29.5 Å². The molecule has 3 heterocycles. The normalized spacial score (nSPS) is 26.6. The predicted molar refractivity (Wildman–Crippen MR) is 109 cm³/mol. The number of aromatic nitrogens is 2. The highest BCUT2D eigenvalue weighted by atomic mass is 16.5. The number of carbonyl (C=O) groups excluding carboxylic acids is 1. The Labute approximate surface area is 170 Å². The summed E-state index contributed by atoms with van der Waals surface area (Å²) < 4.78 is 7.54. The first kappa shape index (κ1) is 20.3. The third-order valence-corrected chi connectivity index (χ3v) is 6.19. The van der Waals surface area contributed by atoms with Crippen LogP contribution in [0.15, 0.2) is 18.2 Å². The number of carbonyl (C=O) groups is 1. The van der Waals surface area contributed by atoms with E-state index in [9.17, 15) is 15.0 Å². The van der Waals surface area contributed by atoms with E-state index in [1.807, 2.05) is 25.1 Å². The molecular formula is C21H30N4O4. The molecule has 2 aromatic rings. The zero-order valence-corrected chi connectivity index (χ0v) is 17.1. The van der Waals surface area contributed by atoms with Gasteiger partial charge in [-0.05, 0) is 38.5 Å². The third kappa shape index (κ3) is 3.90. The highest BCUT2D eigenvalue weighted by molar-refractivity contribution is 5.97. The number of hydrogen-bond donors (Lipinski definition) is 2. The maximum absolute atomic E-state index is 13.3. The van der Waals surface area contributed by atoms with Crippen molar-refractivity contribution in [3.8, 4) is 0 Å². The molecule has 0 spiro atoms. The second-order valence-corrected chi connectivity index (χ2v) is 7.92. The van der Waals surface area contributed by atoms with Crippen molar-refractivity contribution in [1.82, 2.24) is 19.4 Å². The fraction of sp³-hybridized carbons (Fsp3) is 0.619. The Balaban J connectivity index is 1.59. The molecule has 0 unspecified atom stereocenters. The summed E-state index contributed by atoms with van der Waals surface area (Å²) in [5.41, 5.74) is 2.43. The molecule has 2 N–H and O–H groups in total. The van der Waals surface area contributed by atoms with Crippen molar-refractivity contribution in [2.24, 2.45) is 0 Å². The number of rotatable bonds is 3. The molecule has 8 nitrogen and oxygen atoms in total. The average Bonchev–Trinajstić information content (AvgIpc) is 2.98. The Morgan fingerprint density at radius 2 is 2.00 bits per heavy atom. The van der Waals surface area contributed by atoms with Crippen LogP contribution in [-0.2, 0) is 11.3 Å². The van der Waals surface area contributed by atoms with Gasteiger partial charge in [-0.25, -0.2) is 4.98 Å². The summed E-state index contributed by atoms with van der Waals surface area (Å²) in [5.74, 6) is 0.843. The fourth-order valence-corrected chi connectivity index (χ4v) is 4.53. The zero-order valence-electron chi connectivity index (χ0n) is 17.1.